The van der Waals surface area contributed by atoms with Gasteiger partial charge in [0.05, 0.1) is 0 Å². The van der Waals surface area contributed by atoms with E-state index in [1.54, 1.807) is 0 Å². The van der Waals surface area contributed by atoms with E-state index in [0.717, 1.165) is 57.2 Å². The number of hydrogen-bond acceptors (Lipinski definition) is 4. The summed E-state index contributed by atoms with van der Waals surface area (Å²) in [6, 6.07) is 59.7. The van der Waals surface area contributed by atoms with Crippen molar-refractivity contribution in [2.75, 3.05) is 0 Å². The Hall–Kier alpha value is -7.17. The molecule has 10 aromatic rings. The highest BCUT2D eigenvalue weighted by molar-refractivity contribution is 6.12. The standard InChI is InChI=1S/C51H33N3O/c1-2-10-32(11-3-1)35-13-8-14-39(29-35)49-52-50(54-51(53-49)41-26-22-34-21-20-33-12-4-5-15-42(33)45(34)31-41)40-27-24-36-28-38(25-23-37(36)30-40)43-17-9-19-47-48(43)44-16-6-7-18-46(44)55-47/h1-22,24,26-31H,23,25H2. The molecule has 11 rings (SSSR count). The van der Waals surface area contributed by atoms with Crippen molar-refractivity contribution in [2.45, 2.75) is 12.8 Å². The lowest BCUT2D eigenvalue weighted by Gasteiger charge is -2.18. The third-order valence-electron chi connectivity index (χ3n) is 11.0. The van der Waals surface area contributed by atoms with E-state index >= 15 is 0 Å². The number of furan rings is 1. The first kappa shape index (κ1) is 31.4. The molecule has 55 heavy (non-hydrogen) atoms. The number of fused-ring (bicyclic) bond motifs is 7. The summed E-state index contributed by atoms with van der Waals surface area (Å²) in [4.78, 5) is 15.5. The molecule has 0 amide bonds. The van der Waals surface area contributed by atoms with Crippen molar-refractivity contribution in [2.24, 2.45) is 0 Å². The first-order chi connectivity index (χ1) is 27.2. The summed E-state index contributed by atoms with van der Waals surface area (Å²) >= 11 is 0. The van der Waals surface area contributed by atoms with Gasteiger partial charge in [-0.3, -0.25) is 0 Å². The maximum Gasteiger partial charge on any atom is 0.164 e. The summed E-state index contributed by atoms with van der Waals surface area (Å²) in [5.74, 6) is 1.96. The Bertz CT molecular complexity index is 3160. The average molecular weight is 704 g/mol. The second-order valence-corrected chi connectivity index (χ2v) is 14.3. The van der Waals surface area contributed by atoms with Crippen molar-refractivity contribution in [3.05, 3.63) is 187 Å². The largest absolute Gasteiger partial charge is 0.456 e. The Balaban J connectivity index is 1.04. The molecule has 2 aromatic heterocycles. The molecule has 8 aromatic carbocycles. The van der Waals surface area contributed by atoms with Crippen LogP contribution in [0.25, 0.3) is 100 Å². The molecule has 0 radical (unpaired) electrons. The van der Waals surface area contributed by atoms with Crippen LogP contribution < -0.4 is 0 Å². The second-order valence-electron chi connectivity index (χ2n) is 14.3. The fourth-order valence-electron chi connectivity index (χ4n) is 8.26. The highest BCUT2D eigenvalue weighted by Gasteiger charge is 2.20. The number of rotatable bonds is 5. The Morgan fingerprint density at radius 1 is 0.400 bits per heavy atom. The normalized spacial score (nSPS) is 12.7. The number of benzene rings is 8. The molecule has 2 heterocycles. The summed E-state index contributed by atoms with van der Waals surface area (Å²) in [5.41, 5.74) is 12.1. The van der Waals surface area contributed by atoms with Gasteiger partial charge in [0.25, 0.3) is 0 Å². The number of aryl methyl sites for hydroxylation is 1. The van der Waals surface area contributed by atoms with Gasteiger partial charge in [0.1, 0.15) is 11.2 Å². The molecule has 0 N–H and O–H groups in total. The van der Waals surface area contributed by atoms with Crippen molar-refractivity contribution in [1.29, 1.82) is 0 Å². The molecule has 0 aliphatic heterocycles. The highest BCUT2D eigenvalue weighted by atomic mass is 16.3. The molecule has 0 atom stereocenters. The van der Waals surface area contributed by atoms with Crippen LogP contribution in [0.1, 0.15) is 23.1 Å². The minimum atomic E-state index is 0.649. The fraction of sp³-hybridized carbons (Fsp3) is 0.0392. The van der Waals surface area contributed by atoms with Crippen LogP contribution in [-0.2, 0) is 6.42 Å². The zero-order chi connectivity index (χ0) is 36.3. The van der Waals surface area contributed by atoms with Crippen LogP contribution in [0, 0.1) is 0 Å². The quantitative estimate of drug-likeness (QED) is 0.167. The maximum absolute atomic E-state index is 6.22. The van der Waals surface area contributed by atoms with Gasteiger partial charge in [0.15, 0.2) is 17.5 Å². The third-order valence-corrected chi connectivity index (χ3v) is 11.0. The number of allylic oxidation sites excluding steroid dienone is 1. The lowest BCUT2D eigenvalue weighted by molar-refractivity contribution is 0.669. The summed E-state index contributed by atoms with van der Waals surface area (Å²) in [6.45, 7) is 0. The minimum Gasteiger partial charge on any atom is -0.456 e. The summed E-state index contributed by atoms with van der Waals surface area (Å²) in [6.07, 6.45) is 4.20. The van der Waals surface area contributed by atoms with Crippen LogP contribution in [0.3, 0.4) is 0 Å². The number of aromatic nitrogens is 3. The van der Waals surface area contributed by atoms with Gasteiger partial charge in [-0.2, -0.15) is 0 Å². The van der Waals surface area contributed by atoms with Crippen LogP contribution in [0.4, 0.5) is 0 Å². The predicted molar refractivity (Wildman–Crippen MR) is 226 cm³/mol. The molecule has 0 saturated carbocycles. The molecule has 1 aliphatic carbocycles. The van der Waals surface area contributed by atoms with Gasteiger partial charge in [-0.25, -0.2) is 15.0 Å². The zero-order valence-corrected chi connectivity index (χ0v) is 29.9. The lowest BCUT2D eigenvalue weighted by atomic mass is 9.86. The number of hydrogen-bond donors (Lipinski definition) is 0. The monoisotopic (exact) mass is 703 g/mol. The van der Waals surface area contributed by atoms with Crippen LogP contribution in [-0.4, -0.2) is 15.0 Å². The summed E-state index contributed by atoms with van der Waals surface area (Å²) in [5, 5.41) is 7.14. The van der Waals surface area contributed by atoms with Crippen LogP contribution in [0.5, 0.6) is 0 Å². The van der Waals surface area contributed by atoms with Gasteiger partial charge in [0, 0.05) is 27.5 Å². The van der Waals surface area contributed by atoms with E-state index in [1.807, 2.05) is 18.2 Å². The fourth-order valence-corrected chi connectivity index (χ4v) is 8.26. The molecule has 4 heteroatoms. The van der Waals surface area contributed by atoms with Crippen molar-refractivity contribution in [1.82, 2.24) is 15.0 Å². The molecule has 1 aliphatic rings. The van der Waals surface area contributed by atoms with Gasteiger partial charge < -0.3 is 4.42 Å². The van der Waals surface area contributed by atoms with Crippen molar-refractivity contribution < 1.29 is 4.42 Å². The van der Waals surface area contributed by atoms with E-state index in [9.17, 15) is 0 Å². The molecular formula is C51H33N3O. The highest BCUT2D eigenvalue weighted by Crippen LogP contribution is 2.40. The number of para-hydroxylation sites is 1. The molecule has 0 spiro atoms. The Morgan fingerprint density at radius 3 is 1.87 bits per heavy atom. The topological polar surface area (TPSA) is 51.8 Å². The van der Waals surface area contributed by atoms with E-state index in [4.69, 9.17) is 19.4 Å². The van der Waals surface area contributed by atoms with Crippen molar-refractivity contribution in [3.8, 4) is 45.3 Å². The lowest BCUT2D eigenvalue weighted by Crippen LogP contribution is -2.03. The predicted octanol–water partition coefficient (Wildman–Crippen LogP) is 13.2. The Labute approximate surface area is 318 Å². The number of nitrogens with zero attached hydrogens (tertiary/aromatic N) is 3. The molecule has 4 nitrogen and oxygen atoms in total. The minimum absolute atomic E-state index is 0.649. The van der Waals surface area contributed by atoms with Crippen LogP contribution in [0.15, 0.2) is 174 Å². The van der Waals surface area contributed by atoms with Gasteiger partial charge >= 0.3 is 0 Å². The third kappa shape index (κ3) is 5.50. The van der Waals surface area contributed by atoms with E-state index in [1.165, 1.54) is 49.2 Å². The first-order valence-electron chi connectivity index (χ1n) is 18.8. The van der Waals surface area contributed by atoms with E-state index in [-0.39, 0.29) is 0 Å². The first-order valence-corrected chi connectivity index (χ1v) is 18.8. The van der Waals surface area contributed by atoms with Crippen LogP contribution >= 0.6 is 0 Å². The Kier molecular flexibility index (Phi) is 7.27. The Morgan fingerprint density at radius 2 is 1.02 bits per heavy atom. The summed E-state index contributed by atoms with van der Waals surface area (Å²) < 4.78 is 6.22. The van der Waals surface area contributed by atoms with Crippen LogP contribution in [0.2, 0.25) is 0 Å². The molecule has 0 fully saturated rings. The smallest absolute Gasteiger partial charge is 0.164 e. The maximum atomic E-state index is 6.22. The van der Waals surface area contributed by atoms with E-state index < -0.39 is 0 Å². The van der Waals surface area contributed by atoms with Gasteiger partial charge in [-0.1, -0.05) is 146 Å². The molecule has 0 unspecified atom stereocenters. The zero-order valence-electron chi connectivity index (χ0n) is 29.9. The molecular weight excluding hydrogens is 671 g/mol. The van der Waals surface area contributed by atoms with E-state index in [2.05, 4.69) is 158 Å². The van der Waals surface area contributed by atoms with E-state index in [0.29, 0.717) is 17.5 Å². The molecule has 0 saturated heterocycles. The second kappa shape index (κ2) is 12.8. The molecule has 0 bridgehead atoms. The van der Waals surface area contributed by atoms with Gasteiger partial charge in [-0.05, 0) is 98.1 Å². The summed E-state index contributed by atoms with van der Waals surface area (Å²) in [7, 11) is 0. The van der Waals surface area contributed by atoms with Gasteiger partial charge in [-0.15, -0.1) is 0 Å². The van der Waals surface area contributed by atoms with Crippen molar-refractivity contribution in [3.63, 3.8) is 0 Å². The average Bonchev–Trinajstić information content (AvgIpc) is 3.65. The van der Waals surface area contributed by atoms with Gasteiger partial charge in [0.2, 0.25) is 0 Å². The van der Waals surface area contributed by atoms with Crippen molar-refractivity contribution >= 4 is 55.1 Å². The molecule has 258 valence electrons. The SMILES string of the molecule is C1=C(c2cccc3oc4ccccc4c23)CCc2cc(-c3nc(-c4cccc(-c5ccccc5)c4)nc(-c4ccc5ccc6ccccc6c5c4)n3)ccc21.